The van der Waals surface area contributed by atoms with E-state index in [2.05, 4.69) is 10.3 Å². The number of hydrogen-bond acceptors (Lipinski definition) is 5. The summed E-state index contributed by atoms with van der Waals surface area (Å²) in [5.41, 5.74) is 0.488. The maximum absolute atomic E-state index is 11.6. The minimum absolute atomic E-state index is 0.0783. The molecule has 0 spiro atoms. The molecule has 0 aliphatic heterocycles. The highest BCUT2D eigenvalue weighted by Gasteiger charge is 2.05. The fourth-order valence-electron chi connectivity index (χ4n) is 1.43. The Morgan fingerprint density at radius 3 is 2.65 bits per heavy atom. The van der Waals surface area contributed by atoms with E-state index in [4.69, 9.17) is 14.6 Å². The number of pyridine rings is 1. The SMILES string of the molecule is O=C(Nc1ccc(OCCO)nc1)Oc1ccccc1. The van der Waals surface area contributed by atoms with E-state index in [0.29, 0.717) is 17.3 Å². The molecule has 0 bridgehead atoms. The summed E-state index contributed by atoms with van der Waals surface area (Å²) in [6, 6.07) is 12.0. The molecule has 6 heteroatoms. The molecule has 0 aliphatic carbocycles. The number of carbonyl (C=O) groups excluding carboxylic acids is 1. The van der Waals surface area contributed by atoms with Crippen molar-refractivity contribution >= 4 is 11.8 Å². The van der Waals surface area contributed by atoms with Gasteiger partial charge in [-0.1, -0.05) is 18.2 Å². The summed E-state index contributed by atoms with van der Waals surface area (Å²) in [4.78, 5) is 15.6. The number of aromatic nitrogens is 1. The van der Waals surface area contributed by atoms with Gasteiger partial charge < -0.3 is 14.6 Å². The van der Waals surface area contributed by atoms with Gasteiger partial charge in [0.1, 0.15) is 12.4 Å². The third kappa shape index (κ3) is 4.25. The molecule has 0 unspecified atom stereocenters. The predicted octanol–water partition coefficient (Wildman–Crippen LogP) is 2.06. The fourth-order valence-corrected chi connectivity index (χ4v) is 1.43. The third-order valence-corrected chi connectivity index (χ3v) is 2.28. The Morgan fingerprint density at radius 1 is 1.20 bits per heavy atom. The van der Waals surface area contributed by atoms with Crippen LogP contribution in [-0.2, 0) is 0 Å². The largest absolute Gasteiger partial charge is 0.475 e. The second-order valence-electron chi connectivity index (χ2n) is 3.78. The Kier molecular flexibility index (Phi) is 4.91. The molecule has 2 rings (SSSR count). The van der Waals surface area contributed by atoms with Crippen molar-refractivity contribution in [1.29, 1.82) is 0 Å². The normalized spacial score (nSPS) is 9.85. The van der Waals surface area contributed by atoms with Crippen LogP contribution >= 0.6 is 0 Å². The van der Waals surface area contributed by atoms with Gasteiger partial charge in [0.2, 0.25) is 5.88 Å². The fraction of sp³-hybridized carbons (Fsp3) is 0.143. The van der Waals surface area contributed by atoms with E-state index >= 15 is 0 Å². The van der Waals surface area contributed by atoms with Crippen molar-refractivity contribution < 1.29 is 19.4 Å². The topological polar surface area (TPSA) is 80.7 Å². The van der Waals surface area contributed by atoms with Crippen molar-refractivity contribution in [3.63, 3.8) is 0 Å². The zero-order valence-electron chi connectivity index (χ0n) is 10.7. The Labute approximate surface area is 116 Å². The molecule has 2 aromatic rings. The monoisotopic (exact) mass is 274 g/mol. The highest BCUT2D eigenvalue weighted by Crippen LogP contribution is 2.13. The first-order chi connectivity index (χ1) is 9.78. The van der Waals surface area contributed by atoms with Gasteiger partial charge in [-0.2, -0.15) is 0 Å². The van der Waals surface area contributed by atoms with Gasteiger partial charge in [0.25, 0.3) is 0 Å². The molecule has 6 nitrogen and oxygen atoms in total. The summed E-state index contributed by atoms with van der Waals surface area (Å²) in [5, 5.41) is 11.2. The molecular weight excluding hydrogens is 260 g/mol. The molecule has 1 aromatic carbocycles. The Bertz CT molecular complexity index is 543. The van der Waals surface area contributed by atoms with Gasteiger partial charge in [0, 0.05) is 6.07 Å². The van der Waals surface area contributed by atoms with Crippen molar-refractivity contribution in [3.05, 3.63) is 48.7 Å². The number of benzene rings is 1. The first-order valence-corrected chi connectivity index (χ1v) is 6.01. The zero-order chi connectivity index (χ0) is 14.2. The first-order valence-electron chi connectivity index (χ1n) is 6.01. The molecule has 0 saturated carbocycles. The number of anilines is 1. The minimum Gasteiger partial charge on any atom is -0.475 e. The Morgan fingerprint density at radius 2 is 2.00 bits per heavy atom. The number of amides is 1. The van der Waals surface area contributed by atoms with Gasteiger partial charge in [-0.3, -0.25) is 5.32 Å². The number of aliphatic hydroxyl groups is 1. The number of hydrogen-bond donors (Lipinski definition) is 2. The summed E-state index contributed by atoms with van der Waals surface area (Å²) in [6.07, 6.45) is 0.848. The minimum atomic E-state index is -0.595. The quantitative estimate of drug-likeness (QED) is 0.872. The molecule has 2 N–H and O–H groups in total. The van der Waals surface area contributed by atoms with Crippen LogP contribution in [0.25, 0.3) is 0 Å². The van der Waals surface area contributed by atoms with E-state index in [1.54, 1.807) is 36.4 Å². The number of aliphatic hydroxyl groups excluding tert-OH is 1. The average molecular weight is 274 g/mol. The summed E-state index contributed by atoms with van der Waals surface area (Å²) in [7, 11) is 0. The van der Waals surface area contributed by atoms with E-state index in [1.165, 1.54) is 6.20 Å². The molecule has 1 aromatic heterocycles. The zero-order valence-corrected chi connectivity index (χ0v) is 10.7. The van der Waals surface area contributed by atoms with Crippen LogP contribution < -0.4 is 14.8 Å². The predicted molar refractivity (Wildman–Crippen MR) is 72.9 cm³/mol. The summed E-state index contributed by atoms with van der Waals surface area (Å²) in [6.45, 7) is 0.0981. The number of para-hydroxylation sites is 1. The lowest BCUT2D eigenvalue weighted by molar-refractivity contribution is 0.196. The smallest absolute Gasteiger partial charge is 0.417 e. The lowest BCUT2D eigenvalue weighted by Crippen LogP contribution is -2.16. The van der Waals surface area contributed by atoms with E-state index in [-0.39, 0.29) is 13.2 Å². The molecule has 0 radical (unpaired) electrons. The number of ether oxygens (including phenoxy) is 2. The molecule has 1 amide bonds. The van der Waals surface area contributed by atoms with Gasteiger partial charge >= 0.3 is 6.09 Å². The lowest BCUT2D eigenvalue weighted by atomic mass is 10.3. The van der Waals surface area contributed by atoms with Crippen molar-refractivity contribution in [1.82, 2.24) is 4.98 Å². The van der Waals surface area contributed by atoms with E-state index in [1.807, 2.05) is 6.07 Å². The van der Waals surface area contributed by atoms with E-state index in [0.717, 1.165) is 0 Å². The second kappa shape index (κ2) is 7.10. The van der Waals surface area contributed by atoms with Crippen LogP contribution in [0.3, 0.4) is 0 Å². The van der Waals surface area contributed by atoms with Gasteiger partial charge in [-0.25, -0.2) is 9.78 Å². The second-order valence-corrected chi connectivity index (χ2v) is 3.78. The molecule has 0 atom stereocenters. The van der Waals surface area contributed by atoms with Crippen molar-refractivity contribution in [3.8, 4) is 11.6 Å². The Balaban J connectivity index is 1.88. The van der Waals surface area contributed by atoms with Gasteiger partial charge in [-0.15, -0.1) is 0 Å². The number of nitrogens with one attached hydrogen (secondary N) is 1. The van der Waals surface area contributed by atoms with E-state index in [9.17, 15) is 4.79 Å². The van der Waals surface area contributed by atoms with Crippen LogP contribution in [0.5, 0.6) is 11.6 Å². The van der Waals surface area contributed by atoms with Crippen LogP contribution in [-0.4, -0.2) is 29.4 Å². The molecule has 0 saturated heterocycles. The van der Waals surface area contributed by atoms with Gasteiger partial charge in [-0.05, 0) is 18.2 Å². The van der Waals surface area contributed by atoms with Crippen LogP contribution in [0.4, 0.5) is 10.5 Å². The molecule has 0 aliphatic rings. The maximum atomic E-state index is 11.6. The van der Waals surface area contributed by atoms with Crippen LogP contribution in [0.15, 0.2) is 48.7 Å². The van der Waals surface area contributed by atoms with Crippen molar-refractivity contribution in [2.75, 3.05) is 18.5 Å². The average Bonchev–Trinajstić information content (AvgIpc) is 2.47. The third-order valence-electron chi connectivity index (χ3n) is 2.28. The summed E-state index contributed by atoms with van der Waals surface area (Å²) in [5.74, 6) is 0.835. The standard InChI is InChI=1S/C14H14N2O4/c17-8-9-19-13-7-6-11(10-15-13)16-14(18)20-12-4-2-1-3-5-12/h1-7,10,17H,8-9H2,(H,16,18). The Hall–Kier alpha value is -2.60. The summed E-state index contributed by atoms with van der Waals surface area (Å²) >= 11 is 0. The molecule has 20 heavy (non-hydrogen) atoms. The van der Waals surface area contributed by atoms with Crippen LogP contribution in [0.1, 0.15) is 0 Å². The van der Waals surface area contributed by atoms with Gasteiger partial charge in [0.05, 0.1) is 18.5 Å². The van der Waals surface area contributed by atoms with Gasteiger partial charge in [0.15, 0.2) is 0 Å². The van der Waals surface area contributed by atoms with E-state index < -0.39 is 6.09 Å². The van der Waals surface area contributed by atoms with Crippen LogP contribution in [0.2, 0.25) is 0 Å². The van der Waals surface area contributed by atoms with Crippen molar-refractivity contribution in [2.45, 2.75) is 0 Å². The lowest BCUT2D eigenvalue weighted by Gasteiger charge is -2.07. The number of nitrogens with zero attached hydrogens (tertiary/aromatic N) is 1. The highest BCUT2D eigenvalue weighted by molar-refractivity contribution is 5.86. The first kappa shape index (κ1) is 13.8. The maximum Gasteiger partial charge on any atom is 0.417 e. The van der Waals surface area contributed by atoms with Crippen LogP contribution in [0, 0.1) is 0 Å². The molecule has 1 heterocycles. The molecule has 104 valence electrons. The van der Waals surface area contributed by atoms with Crippen molar-refractivity contribution in [2.24, 2.45) is 0 Å². The number of carbonyl (C=O) groups is 1. The number of rotatable bonds is 5. The highest BCUT2D eigenvalue weighted by atomic mass is 16.6. The molecule has 0 fully saturated rings. The molecular formula is C14H14N2O4. The summed E-state index contributed by atoms with van der Waals surface area (Å²) < 4.78 is 10.2.